The summed E-state index contributed by atoms with van der Waals surface area (Å²) in [5.74, 6) is 0.759. The van der Waals surface area contributed by atoms with E-state index in [9.17, 15) is 0 Å². The number of methoxy groups -OCH3 is 1. The Bertz CT molecular complexity index is 390. The van der Waals surface area contributed by atoms with E-state index >= 15 is 0 Å². The van der Waals surface area contributed by atoms with E-state index in [1.807, 2.05) is 18.4 Å². The Hall–Kier alpha value is -0.380. The Kier molecular flexibility index (Phi) is 4.46. The van der Waals surface area contributed by atoms with Crippen LogP contribution in [-0.4, -0.2) is 19.8 Å². The molecule has 0 amide bonds. The Balaban J connectivity index is 2.32. The molecule has 18 heavy (non-hydrogen) atoms. The average Bonchev–Trinajstić information content (AvgIpc) is 2.77. The van der Waals surface area contributed by atoms with Crippen molar-refractivity contribution in [2.45, 2.75) is 51.2 Å². The van der Waals surface area contributed by atoms with Gasteiger partial charge in [-0.25, -0.2) is 0 Å². The predicted molar refractivity (Wildman–Crippen MR) is 78.2 cm³/mol. The Morgan fingerprint density at radius 1 is 1.56 bits per heavy atom. The van der Waals surface area contributed by atoms with Gasteiger partial charge in [0.1, 0.15) is 0 Å². The number of hydrogen-bond donors (Lipinski definition) is 1. The lowest BCUT2D eigenvalue weighted by Gasteiger charge is -2.44. The Morgan fingerprint density at radius 3 is 2.83 bits per heavy atom. The van der Waals surface area contributed by atoms with E-state index in [-0.39, 0.29) is 5.60 Å². The fourth-order valence-electron chi connectivity index (χ4n) is 3.42. The van der Waals surface area contributed by atoms with E-state index < -0.39 is 0 Å². The van der Waals surface area contributed by atoms with Gasteiger partial charge in [-0.1, -0.05) is 19.8 Å². The summed E-state index contributed by atoms with van der Waals surface area (Å²) < 4.78 is 6.03. The highest BCUT2D eigenvalue weighted by Gasteiger charge is 2.43. The number of hydrogen-bond acceptors (Lipinski definition) is 3. The van der Waals surface area contributed by atoms with Crippen LogP contribution in [0.25, 0.3) is 0 Å². The van der Waals surface area contributed by atoms with Crippen molar-refractivity contribution in [2.75, 3.05) is 14.2 Å². The second kappa shape index (κ2) is 5.72. The molecule has 1 aliphatic carbocycles. The van der Waals surface area contributed by atoms with Crippen molar-refractivity contribution in [3.63, 3.8) is 0 Å². The fraction of sp³-hybridized carbons (Fsp3) is 0.733. The number of likely N-dealkylation sites (N-methyl/N-ethyl adjacent to an activating group) is 1. The maximum atomic E-state index is 6.03. The zero-order chi connectivity index (χ0) is 13.2. The molecule has 3 unspecified atom stereocenters. The minimum Gasteiger partial charge on any atom is -0.376 e. The third kappa shape index (κ3) is 2.49. The molecule has 0 aliphatic heterocycles. The van der Waals surface area contributed by atoms with Crippen LogP contribution in [0.5, 0.6) is 0 Å². The van der Waals surface area contributed by atoms with Crippen molar-refractivity contribution in [3.05, 3.63) is 21.9 Å². The number of rotatable bonds is 4. The van der Waals surface area contributed by atoms with Gasteiger partial charge in [0.25, 0.3) is 0 Å². The lowest BCUT2D eigenvalue weighted by molar-refractivity contribution is -0.0783. The van der Waals surface area contributed by atoms with Crippen molar-refractivity contribution in [1.29, 1.82) is 0 Å². The first-order valence-corrected chi connectivity index (χ1v) is 7.77. The molecule has 0 bridgehead atoms. The smallest absolute Gasteiger partial charge is 0.0883 e. The largest absolute Gasteiger partial charge is 0.376 e. The summed E-state index contributed by atoms with van der Waals surface area (Å²) in [6, 6.07) is 2.53. The Morgan fingerprint density at radius 2 is 2.33 bits per heavy atom. The van der Waals surface area contributed by atoms with Crippen LogP contribution in [0.4, 0.5) is 0 Å². The first-order chi connectivity index (χ1) is 8.63. The van der Waals surface area contributed by atoms with Crippen molar-refractivity contribution in [2.24, 2.45) is 5.92 Å². The number of ether oxygens (including phenoxy) is 1. The van der Waals surface area contributed by atoms with E-state index in [0.29, 0.717) is 6.04 Å². The third-order valence-electron chi connectivity index (χ3n) is 4.38. The van der Waals surface area contributed by atoms with Gasteiger partial charge in [0, 0.05) is 12.0 Å². The highest BCUT2D eigenvalue weighted by molar-refractivity contribution is 7.10. The zero-order valence-corrected chi connectivity index (χ0v) is 12.8. The molecule has 0 spiro atoms. The maximum Gasteiger partial charge on any atom is 0.0883 e. The van der Waals surface area contributed by atoms with Crippen molar-refractivity contribution in [1.82, 2.24) is 5.32 Å². The lowest BCUT2D eigenvalue weighted by atomic mass is 9.74. The Labute approximate surface area is 115 Å². The molecule has 3 atom stereocenters. The van der Waals surface area contributed by atoms with Crippen LogP contribution in [0.2, 0.25) is 0 Å². The van der Waals surface area contributed by atoms with Crippen LogP contribution >= 0.6 is 11.3 Å². The molecular weight excluding hydrogens is 242 g/mol. The van der Waals surface area contributed by atoms with Gasteiger partial charge < -0.3 is 10.1 Å². The summed E-state index contributed by atoms with van der Waals surface area (Å²) in [4.78, 5) is 1.44. The van der Waals surface area contributed by atoms with Crippen LogP contribution in [0.3, 0.4) is 0 Å². The normalized spacial score (nSPS) is 30.3. The molecule has 102 valence electrons. The van der Waals surface area contributed by atoms with Gasteiger partial charge in [0.15, 0.2) is 0 Å². The van der Waals surface area contributed by atoms with E-state index in [4.69, 9.17) is 4.74 Å². The summed E-state index contributed by atoms with van der Waals surface area (Å²) >= 11 is 1.85. The molecule has 3 heteroatoms. The van der Waals surface area contributed by atoms with Gasteiger partial charge >= 0.3 is 0 Å². The average molecular weight is 267 g/mol. The monoisotopic (exact) mass is 267 g/mol. The molecule has 1 aliphatic rings. The van der Waals surface area contributed by atoms with Crippen LogP contribution < -0.4 is 5.32 Å². The molecule has 0 radical (unpaired) electrons. The summed E-state index contributed by atoms with van der Waals surface area (Å²) in [7, 11) is 3.94. The van der Waals surface area contributed by atoms with Crippen LogP contribution in [0.1, 0.15) is 49.1 Å². The third-order valence-corrected chi connectivity index (χ3v) is 5.46. The van der Waals surface area contributed by atoms with Crippen LogP contribution in [0, 0.1) is 12.8 Å². The van der Waals surface area contributed by atoms with E-state index in [2.05, 4.69) is 37.7 Å². The quantitative estimate of drug-likeness (QED) is 0.893. The standard InChI is InChI=1S/C15H25NOS/c1-11-6-5-8-15(10-11,17-4)14(16-3)13-12(2)7-9-18-13/h7,9,11,14,16H,5-6,8,10H2,1-4H3. The SMILES string of the molecule is CNC(c1sccc1C)C1(OC)CCCC(C)C1. The summed E-state index contributed by atoms with van der Waals surface area (Å²) in [6.07, 6.45) is 4.94. The molecule has 1 fully saturated rings. The zero-order valence-electron chi connectivity index (χ0n) is 12.0. The minimum absolute atomic E-state index is 0.0258. The first-order valence-electron chi connectivity index (χ1n) is 6.89. The van der Waals surface area contributed by atoms with E-state index in [0.717, 1.165) is 18.8 Å². The first kappa shape index (κ1) is 14.0. The molecule has 1 N–H and O–H groups in total. The van der Waals surface area contributed by atoms with Crippen LogP contribution in [-0.2, 0) is 4.74 Å². The summed E-state index contributed by atoms with van der Waals surface area (Å²) in [5, 5.41) is 5.70. The topological polar surface area (TPSA) is 21.3 Å². The second-order valence-corrected chi connectivity index (χ2v) is 6.61. The molecule has 1 heterocycles. The molecule has 1 aromatic rings. The van der Waals surface area contributed by atoms with Gasteiger partial charge in [0.05, 0.1) is 11.6 Å². The highest BCUT2D eigenvalue weighted by Crippen LogP contribution is 2.44. The van der Waals surface area contributed by atoms with Gasteiger partial charge in [-0.2, -0.15) is 0 Å². The molecular formula is C15H25NOS. The maximum absolute atomic E-state index is 6.03. The molecule has 2 nitrogen and oxygen atoms in total. The molecule has 0 aromatic carbocycles. The predicted octanol–water partition coefficient (Wildman–Crippen LogP) is 3.91. The lowest BCUT2D eigenvalue weighted by Crippen LogP contribution is -2.47. The molecule has 2 rings (SSSR count). The van der Waals surface area contributed by atoms with E-state index in [1.165, 1.54) is 23.3 Å². The van der Waals surface area contributed by atoms with Gasteiger partial charge in [0.2, 0.25) is 0 Å². The van der Waals surface area contributed by atoms with Crippen molar-refractivity contribution >= 4 is 11.3 Å². The minimum atomic E-state index is -0.0258. The molecule has 1 aromatic heterocycles. The second-order valence-electron chi connectivity index (χ2n) is 5.66. The van der Waals surface area contributed by atoms with Crippen molar-refractivity contribution < 1.29 is 4.74 Å². The van der Waals surface area contributed by atoms with Crippen molar-refractivity contribution in [3.8, 4) is 0 Å². The van der Waals surface area contributed by atoms with Crippen LogP contribution in [0.15, 0.2) is 11.4 Å². The number of thiophene rings is 1. The highest BCUT2D eigenvalue weighted by atomic mass is 32.1. The number of aryl methyl sites for hydroxylation is 1. The van der Waals surface area contributed by atoms with Gasteiger partial charge in [-0.05, 0) is 49.7 Å². The molecule has 0 saturated heterocycles. The molecule has 1 saturated carbocycles. The van der Waals surface area contributed by atoms with Gasteiger partial charge in [-0.3, -0.25) is 0 Å². The number of nitrogens with one attached hydrogen (secondary N) is 1. The fourth-order valence-corrected chi connectivity index (χ4v) is 4.56. The summed E-state index contributed by atoms with van der Waals surface area (Å²) in [6.45, 7) is 4.55. The summed E-state index contributed by atoms with van der Waals surface area (Å²) in [5.41, 5.74) is 1.36. The van der Waals surface area contributed by atoms with Gasteiger partial charge in [-0.15, -0.1) is 11.3 Å². The van der Waals surface area contributed by atoms with E-state index in [1.54, 1.807) is 0 Å².